The van der Waals surface area contributed by atoms with Crippen LogP contribution in [0.5, 0.6) is 0 Å². The van der Waals surface area contributed by atoms with Crippen LogP contribution in [0.15, 0.2) is 35.2 Å². The number of aliphatic hydroxyl groups is 1. The smallest absolute Gasteiger partial charge is 0.0875 e. The number of aliphatic hydroxyl groups excluding tert-OH is 1. The maximum absolute atomic E-state index is 10.1. The molecule has 2 rings (SSSR count). The number of pyridine rings is 1. The van der Waals surface area contributed by atoms with Gasteiger partial charge in [0.05, 0.1) is 12.3 Å². The van der Waals surface area contributed by atoms with Gasteiger partial charge in [0.1, 0.15) is 0 Å². The van der Waals surface area contributed by atoms with E-state index in [1.807, 2.05) is 23.0 Å². The second-order valence-electron chi connectivity index (χ2n) is 4.54. The van der Waals surface area contributed by atoms with Crippen LogP contribution in [0.4, 0.5) is 0 Å². The van der Waals surface area contributed by atoms with Gasteiger partial charge in [-0.1, -0.05) is 0 Å². The van der Waals surface area contributed by atoms with Crippen LogP contribution in [-0.2, 0) is 6.42 Å². The Balaban J connectivity index is 2.06. The van der Waals surface area contributed by atoms with Crippen molar-refractivity contribution in [2.24, 2.45) is 0 Å². The Morgan fingerprint density at radius 1 is 1.33 bits per heavy atom. The largest absolute Gasteiger partial charge is 0.388 e. The Kier molecular flexibility index (Phi) is 4.14. The molecule has 2 aromatic heterocycles. The van der Waals surface area contributed by atoms with E-state index >= 15 is 0 Å². The first kappa shape index (κ1) is 13.2. The fraction of sp³-hybridized carbons (Fsp3) is 0.385. The lowest BCUT2D eigenvalue weighted by molar-refractivity contribution is 0.177. The average Bonchev–Trinajstić information content (AvgIpc) is 2.81. The van der Waals surface area contributed by atoms with Gasteiger partial charge in [-0.05, 0) is 41.9 Å². The van der Waals surface area contributed by atoms with E-state index in [-0.39, 0.29) is 0 Å². The Morgan fingerprint density at radius 2 is 2.11 bits per heavy atom. The number of halogens is 1. The molecule has 0 fully saturated rings. The highest BCUT2D eigenvalue weighted by Gasteiger charge is 2.12. The zero-order valence-electron chi connectivity index (χ0n) is 10.4. The van der Waals surface area contributed by atoms with Crippen molar-refractivity contribution in [1.29, 1.82) is 0 Å². The summed E-state index contributed by atoms with van der Waals surface area (Å²) in [4.78, 5) is 4.25. The Morgan fingerprint density at radius 3 is 2.67 bits per heavy atom. The molecule has 0 amide bonds. The lowest BCUT2D eigenvalue weighted by Crippen LogP contribution is -2.03. The fourth-order valence-electron chi connectivity index (χ4n) is 1.65. The molecule has 1 N–H and O–H groups in total. The number of rotatable bonds is 4. The summed E-state index contributed by atoms with van der Waals surface area (Å²) in [6.07, 6.45) is 5.26. The highest BCUT2D eigenvalue weighted by molar-refractivity contribution is 9.10. The molecule has 0 saturated carbocycles. The zero-order chi connectivity index (χ0) is 13.1. The van der Waals surface area contributed by atoms with Crippen molar-refractivity contribution in [3.8, 4) is 0 Å². The van der Waals surface area contributed by atoms with E-state index < -0.39 is 6.10 Å². The molecule has 0 aliphatic carbocycles. The molecule has 2 aromatic rings. The molecule has 1 atom stereocenters. The quantitative estimate of drug-likeness (QED) is 0.944. The minimum absolute atomic E-state index is 0.303. The van der Waals surface area contributed by atoms with Gasteiger partial charge in [0, 0.05) is 40.6 Å². The highest BCUT2D eigenvalue weighted by Crippen LogP contribution is 2.18. The van der Waals surface area contributed by atoms with Crippen LogP contribution < -0.4 is 0 Å². The summed E-state index contributed by atoms with van der Waals surface area (Å²) in [6.45, 7) is 4.11. The van der Waals surface area contributed by atoms with E-state index in [0.29, 0.717) is 12.5 Å². The maximum Gasteiger partial charge on any atom is 0.0875 e. The van der Waals surface area contributed by atoms with Gasteiger partial charge in [-0.15, -0.1) is 0 Å². The molecule has 4 nitrogen and oxygen atoms in total. The molecular formula is C13H16BrN3O. The Labute approximate surface area is 115 Å². The monoisotopic (exact) mass is 309 g/mol. The molecule has 0 aliphatic heterocycles. The second-order valence-corrected chi connectivity index (χ2v) is 5.45. The van der Waals surface area contributed by atoms with Crippen molar-refractivity contribution in [3.63, 3.8) is 0 Å². The first-order valence-corrected chi connectivity index (χ1v) is 6.68. The van der Waals surface area contributed by atoms with Crippen LogP contribution in [0.2, 0.25) is 0 Å². The molecule has 0 saturated heterocycles. The molecular weight excluding hydrogens is 294 g/mol. The predicted molar refractivity (Wildman–Crippen MR) is 73.2 cm³/mol. The van der Waals surface area contributed by atoms with Crippen LogP contribution in [-0.4, -0.2) is 19.9 Å². The van der Waals surface area contributed by atoms with Gasteiger partial charge in [-0.2, -0.15) is 5.10 Å². The van der Waals surface area contributed by atoms with Crippen molar-refractivity contribution < 1.29 is 5.11 Å². The normalized spacial score (nSPS) is 12.9. The van der Waals surface area contributed by atoms with Gasteiger partial charge in [0.2, 0.25) is 0 Å². The Bertz CT molecular complexity index is 507. The lowest BCUT2D eigenvalue weighted by atomic mass is 10.1. The number of hydrogen-bond acceptors (Lipinski definition) is 3. The van der Waals surface area contributed by atoms with Crippen LogP contribution in [0.3, 0.4) is 0 Å². The van der Waals surface area contributed by atoms with E-state index in [1.54, 1.807) is 12.4 Å². The van der Waals surface area contributed by atoms with E-state index in [1.165, 1.54) is 0 Å². The van der Waals surface area contributed by atoms with Gasteiger partial charge < -0.3 is 5.11 Å². The third kappa shape index (κ3) is 3.17. The molecule has 1 unspecified atom stereocenters. The predicted octanol–water partition coefficient (Wildman–Crippen LogP) is 2.90. The summed E-state index contributed by atoms with van der Waals surface area (Å²) in [5.41, 5.74) is 1.69. The molecule has 0 spiro atoms. The van der Waals surface area contributed by atoms with Gasteiger partial charge >= 0.3 is 0 Å². The number of aromatic nitrogens is 3. The maximum atomic E-state index is 10.1. The summed E-state index contributed by atoms with van der Waals surface area (Å²) in [7, 11) is 0. The molecule has 0 radical (unpaired) electrons. The summed E-state index contributed by atoms with van der Waals surface area (Å²) >= 11 is 3.34. The molecule has 96 valence electrons. The third-order valence-corrected chi connectivity index (χ3v) is 3.20. The van der Waals surface area contributed by atoms with Gasteiger partial charge in [-0.3, -0.25) is 9.67 Å². The minimum atomic E-state index is -0.564. The van der Waals surface area contributed by atoms with Gasteiger partial charge in [0.15, 0.2) is 0 Å². The summed E-state index contributed by atoms with van der Waals surface area (Å²) in [6, 6.07) is 4.13. The van der Waals surface area contributed by atoms with E-state index in [0.717, 1.165) is 15.7 Å². The number of nitrogens with zero attached hydrogens (tertiary/aromatic N) is 3. The molecule has 0 bridgehead atoms. The van der Waals surface area contributed by atoms with E-state index in [4.69, 9.17) is 0 Å². The first-order chi connectivity index (χ1) is 8.56. The molecule has 5 heteroatoms. The van der Waals surface area contributed by atoms with Crippen molar-refractivity contribution in [3.05, 3.63) is 46.5 Å². The van der Waals surface area contributed by atoms with E-state index in [9.17, 15) is 5.11 Å². The van der Waals surface area contributed by atoms with Crippen LogP contribution in [0.25, 0.3) is 0 Å². The van der Waals surface area contributed by atoms with Gasteiger partial charge in [0.25, 0.3) is 0 Å². The average molecular weight is 310 g/mol. The summed E-state index contributed by atoms with van der Waals surface area (Å²) in [5.74, 6) is 0. The van der Waals surface area contributed by atoms with Gasteiger partial charge in [-0.25, -0.2) is 0 Å². The lowest BCUT2D eigenvalue weighted by Gasteiger charge is -2.08. The highest BCUT2D eigenvalue weighted by atomic mass is 79.9. The topological polar surface area (TPSA) is 50.9 Å². The molecule has 18 heavy (non-hydrogen) atoms. The summed E-state index contributed by atoms with van der Waals surface area (Å²) < 4.78 is 2.78. The standard InChI is InChI=1S/C13H16BrN3O/c1-9(2)17-8-10(6-16-17)13(18)5-12-4-3-11(14)7-15-12/h3-4,6-9,13,18H,5H2,1-2H3. The Hall–Kier alpha value is -1.20. The molecule has 2 heterocycles. The van der Waals surface area contributed by atoms with Crippen molar-refractivity contribution in [2.75, 3.05) is 0 Å². The van der Waals surface area contributed by atoms with Crippen LogP contribution in [0, 0.1) is 0 Å². The van der Waals surface area contributed by atoms with Crippen molar-refractivity contribution >= 4 is 15.9 Å². The zero-order valence-corrected chi connectivity index (χ0v) is 12.0. The minimum Gasteiger partial charge on any atom is -0.388 e. The second kappa shape index (κ2) is 5.63. The molecule has 0 aromatic carbocycles. The van der Waals surface area contributed by atoms with Crippen molar-refractivity contribution in [2.45, 2.75) is 32.4 Å². The van der Waals surface area contributed by atoms with Crippen LogP contribution >= 0.6 is 15.9 Å². The molecule has 0 aliphatic rings. The third-order valence-electron chi connectivity index (χ3n) is 2.73. The number of hydrogen-bond donors (Lipinski definition) is 1. The summed E-state index contributed by atoms with van der Waals surface area (Å²) in [5, 5.41) is 14.4. The SMILES string of the molecule is CC(C)n1cc(C(O)Cc2ccc(Br)cn2)cn1. The van der Waals surface area contributed by atoms with E-state index in [2.05, 4.69) is 39.9 Å². The van der Waals surface area contributed by atoms with Crippen LogP contribution in [0.1, 0.15) is 37.3 Å². The first-order valence-electron chi connectivity index (χ1n) is 5.89. The van der Waals surface area contributed by atoms with Crippen molar-refractivity contribution in [1.82, 2.24) is 14.8 Å². The fourth-order valence-corrected chi connectivity index (χ4v) is 1.88.